The molecule has 4 heterocycles. The fourth-order valence-electron chi connectivity index (χ4n) is 5.80. The predicted octanol–water partition coefficient (Wildman–Crippen LogP) is 5.34. The Bertz CT molecular complexity index is 1610. The molecule has 6 rings (SSSR count). The molecule has 1 aliphatic carbocycles. The van der Waals surface area contributed by atoms with Gasteiger partial charge in [0.25, 0.3) is 5.82 Å². The third-order valence-corrected chi connectivity index (χ3v) is 8.32. The molecule has 3 aromatic heterocycles. The lowest BCUT2D eigenvalue weighted by atomic mass is 9.97. The Morgan fingerprint density at radius 2 is 1.87 bits per heavy atom. The van der Waals surface area contributed by atoms with Gasteiger partial charge in [-0.3, -0.25) is 9.47 Å². The van der Waals surface area contributed by atoms with Crippen LogP contribution in [-0.2, 0) is 7.05 Å². The molecule has 1 aliphatic heterocycles. The number of pyridine rings is 1. The largest absolute Gasteiger partial charge is 0.440 e. The van der Waals surface area contributed by atoms with E-state index in [-0.39, 0.29) is 23.8 Å². The van der Waals surface area contributed by atoms with Crippen LogP contribution < -0.4 is 10.6 Å². The zero-order valence-electron chi connectivity index (χ0n) is 22.4. The van der Waals surface area contributed by atoms with Gasteiger partial charge in [-0.05, 0) is 62.4 Å². The zero-order chi connectivity index (χ0) is 26.6. The van der Waals surface area contributed by atoms with E-state index in [9.17, 15) is 4.79 Å². The van der Waals surface area contributed by atoms with Crippen molar-refractivity contribution in [2.75, 3.05) is 18.0 Å². The molecule has 9 nitrogen and oxygen atoms in total. The minimum atomic E-state index is -0.310. The topological polar surface area (TPSA) is 84.7 Å². The summed E-state index contributed by atoms with van der Waals surface area (Å²) in [6.07, 6.45) is 4.19. The summed E-state index contributed by atoms with van der Waals surface area (Å²) in [6.45, 7) is 15.7. The normalized spacial score (nSPS) is 21.2. The number of benzene rings is 1. The highest BCUT2D eigenvalue weighted by molar-refractivity contribution is 5.87. The fourth-order valence-corrected chi connectivity index (χ4v) is 5.80. The van der Waals surface area contributed by atoms with Gasteiger partial charge >= 0.3 is 5.69 Å². The first-order valence-corrected chi connectivity index (χ1v) is 13.6. The van der Waals surface area contributed by atoms with E-state index in [1.54, 1.807) is 19.2 Å². The van der Waals surface area contributed by atoms with Gasteiger partial charge in [0.15, 0.2) is 17.3 Å². The highest BCUT2D eigenvalue weighted by atomic mass is 16.3. The summed E-state index contributed by atoms with van der Waals surface area (Å²) in [7, 11) is 1.70. The Kier molecular flexibility index (Phi) is 6.15. The molecule has 0 N–H and O–H groups in total. The number of rotatable bonds is 6. The average Bonchev–Trinajstić information content (AvgIpc) is 3.71. The van der Waals surface area contributed by atoms with Crippen molar-refractivity contribution in [3.8, 4) is 0 Å². The minimum Gasteiger partial charge on any atom is -0.440 e. The lowest BCUT2D eigenvalue weighted by Crippen LogP contribution is -2.59. The number of aromatic nitrogens is 4. The van der Waals surface area contributed by atoms with Gasteiger partial charge in [-0.2, -0.15) is 4.98 Å². The average molecular weight is 512 g/mol. The van der Waals surface area contributed by atoms with E-state index in [4.69, 9.17) is 16.0 Å². The van der Waals surface area contributed by atoms with Gasteiger partial charge in [-0.1, -0.05) is 26.5 Å². The highest BCUT2D eigenvalue weighted by Gasteiger charge is 2.37. The van der Waals surface area contributed by atoms with Crippen molar-refractivity contribution in [2.45, 2.75) is 70.5 Å². The number of nitrogens with zero attached hydrogens (tertiary/aromatic N) is 7. The predicted molar refractivity (Wildman–Crippen MR) is 148 cm³/mol. The molecule has 0 amide bonds. The van der Waals surface area contributed by atoms with Gasteiger partial charge in [0, 0.05) is 44.2 Å². The van der Waals surface area contributed by atoms with Crippen molar-refractivity contribution in [3.63, 3.8) is 0 Å². The highest BCUT2D eigenvalue weighted by Crippen LogP contribution is 2.41. The van der Waals surface area contributed by atoms with Gasteiger partial charge in [0.2, 0.25) is 5.52 Å². The molecule has 38 heavy (non-hydrogen) atoms. The number of hydrogen-bond acceptors (Lipinski definition) is 7. The molecule has 0 radical (unpaired) electrons. The Balaban J connectivity index is 1.34. The smallest absolute Gasteiger partial charge is 0.350 e. The Hall–Kier alpha value is -3.77. The number of anilines is 1. The summed E-state index contributed by atoms with van der Waals surface area (Å²) in [4.78, 5) is 35.0. The molecular formula is C29H33N7O2. The van der Waals surface area contributed by atoms with E-state index in [2.05, 4.69) is 63.6 Å². The summed E-state index contributed by atoms with van der Waals surface area (Å²) in [5, 5.41) is 0. The number of oxazole rings is 1. The van der Waals surface area contributed by atoms with Crippen LogP contribution in [0.4, 0.5) is 11.6 Å². The van der Waals surface area contributed by atoms with Crippen LogP contribution in [0.15, 0.2) is 39.5 Å². The molecule has 1 saturated heterocycles. The van der Waals surface area contributed by atoms with Crippen LogP contribution in [-0.4, -0.2) is 49.6 Å². The third-order valence-electron chi connectivity index (χ3n) is 8.32. The van der Waals surface area contributed by atoms with Gasteiger partial charge in [-0.15, -0.1) is 4.98 Å². The van der Waals surface area contributed by atoms with Crippen LogP contribution in [0.3, 0.4) is 0 Å². The molecule has 1 unspecified atom stereocenters. The Morgan fingerprint density at radius 3 is 2.58 bits per heavy atom. The quantitative estimate of drug-likeness (QED) is 0.323. The summed E-state index contributed by atoms with van der Waals surface area (Å²) >= 11 is 0. The van der Waals surface area contributed by atoms with Crippen molar-refractivity contribution in [3.05, 3.63) is 63.7 Å². The van der Waals surface area contributed by atoms with Crippen molar-refractivity contribution >= 4 is 33.8 Å². The second kappa shape index (κ2) is 9.52. The fraction of sp³-hybridized carbons (Fsp3) is 0.483. The van der Waals surface area contributed by atoms with Crippen molar-refractivity contribution in [1.82, 2.24) is 24.4 Å². The summed E-state index contributed by atoms with van der Waals surface area (Å²) < 4.78 is 7.50. The van der Waals surface area contributed by atoms with E-state index in [0.29, 0.717) is 28.6 Å². The molecule has 4 aromatic rings. The van der Waals surface area contributed by atoms with Gasteiger partial charge in [0.1, 0.15) is 5.52 Å². The minimum absolute atomic E-state index is 0.152. The van der Waals surface area contributed by atoms with E-state index in [1.165, 1.54) is 23.0 Å². The Labute approximate surface area is 221 Å². The van der Waals surface area contributed by atoms with E-state index in [0.717, 1.165) is 42.9 Å². The maximum Gasteiger partial charge on any atom is 0.350 e. The monoisotopic (exact) mass is 511 g/mol. The molecule has 196 valence electrons. The van der Waals surface area contributed by atoms with Gasteiger partial charge < -0.3 is 14.2 Å². The van der Waals surface area contributed by atoms with E-state index in [1.807, 2.05) is 0 Å². The van der Waals surface area contributed by atoms with Crippen molar-refractivity contribution < 1.29 is 4.42 Å². The molecule has 1 aromatic carbocycles. The first-order valence-electron chi connectivity index (χ1n) is 13.6. The second-order valence-corrected chi connectivity index (χ2v) is 10.6. The van der Waals surface area contributed by atoms with Crippen molar-refractivity contribution in [1.29, 1.82) is 0 Å². The first-order chi connectivity index (χ1) is 18.4. The molecule has 3 atom stereocenters. The molecule has 1 saturated carbocycles. The van der Waals surface area contributed by atoms with E-state index >= 15 is 0 Å². The molecule has 2 fully saturated rings. The number of fused-ring (bicyclic) bond motifs is 2. The number of aryl methyl sites for hydroxylation is 1. The maximum atomic E-state index is 12.8. The van der Waals surface area contributed by atoms with Crippen LogP contribution >= 0.6 is 0 Å². The van der Waals surface area contributed by atoms with Crippen LogP contribution in [0.1, 0.15) is 69.9 Å². The zero-order valence-corrected chi connectivity index (χ0v) is 22.4. The summed E-state index contributed by atoms with van der Waals surface area (Å²) in [5.74, 6) is 2.26. The van der Waals surface area contributed by atoms with Crippen molar-refractivity contribution in [2.24, 2.45) is 7.05 Å². The van der Waals surface area contributed by atoms with Crippen LogP contribution in [0.25, 0.3) is 27.0 Å². The molecule has 0 spiro atoms. The first kappa shape index (κ1) is 24.6. The van der Waals surface area contributed by atoms with Crippen LogP contribution in [0.2, 0.25) is 0 Å². The standard InChI is InChI=1S/C29H33N7O2/c1-6-20-16-36(27-26-23(34(5)29(37)33-27)11-13-25(30-4)32-26)21(7-2)15-35(20)17(3)19-10-12-24-22(14-19)31-28(38-24)18-8-9-18/h10-14,17-18,20-21H,6-9,15-16H2,1-3,5H3/t17?,20-,21+/m1/s1. The van der Waals surface area contributed by atoms with Crippen LogP contribution in [0.5, 0.6) is 0 Å². The summed E-state index contributed by atoms with van der Waals surface area (Å²) in [5.41, 5.74) is 4.02. The Morgan fingerprint density at radius 1 is 1.08 bits per heavy atom. The maximum absolute atomic E-state index is 12.8. The molecular weight excluding hydrogens is 478 g/mol. The van der Waals surface area contributed by atoms with E-state index < -0.39 is 0 Å². The number of hydrogen-bond donors (Lipinski definition) is 0. The number of piperazine rings is 1. The second-order valence-electron chi connectivity index (χ2n) is 10.6. The lowest BCUT2D eigenvalue weighted by Gasteiger charge is -2.49. The van der Waals surface area contributed by atoms with Gasteiger partial charge in [0.05, 0.1) is 5.52 Å². The SMILES string of the molecule is [C-]#[N+]c1ccc2c(n1)c(N1C[C@@H](CC)N(C(C)c3ccc4oc(C5CC5)nc4c3)C[C@@H]1CC)nc(=O)n2C. The third kappa shape index (κ3) is 4.13. The lowest BCUT2D eigenvalue weighted by molar-refractivity contribution is 0.101. The molecule has 0 bridgehead atoms. The van der Waals surface area contributed by atoms with Crippen LogP contribution in [0, 0.1) is 6.57 Å². The van der Waals surface area contributed by atoms with Gasteiger partial charge in [-0.25, -0.2) is 9.78 Å². The summed E-state index contributed by atoms with van der Waals surface area (Å²) in [6, 6.07) is 10.5. The molecule has 2 aliphatic rings. The molecule has 9 heteroatoms.